The molecule has 124 valence electrons. The predicted molar refractivity (Wildman–Crippen MR) is 72.9 cm³/mol. The highest BCUT2D eigenvalue weighted by Gasteiger charge is 2.32. The molecule has 1 aromatic rings. The number of rotatable bonds is 7. The van der Waals surface area contributed by atoms with Crippen molar-refractivity contribution in [2.24, 2.45) is 0 Å². The lowest BCUT2D eigenvalue weighted by Crippen LogP contribution is -2.30. The van der Waals surface area contributed by atoms with E-state index in [1.807, 2.05) is 0 Å². The van der Waals surface area contributed by atoms with Gasteiger partial charge in [0.1, 0.15) is 5.75 Å². The smallest absolute Gasteiger partial charge is 0.465 e. The van der Waals surface area contributed by atoms with E-state index in [1.54, 1.807) is 0 Å². The van der Waals surface area contributed by atoms with Gasteiger partial charge in [-0.1, -0.05) is 17.7 Å². The maximum atomic E-state index is 12.1. The quantitative estimate of drug-likeness (QED) is 0.745. The van der Waals surface area contributed by atoms with E-state index < -0.39 is 18.2 Å². The molecule has 1 amide bonds. The summed E-state index contributed by atoms with van der Waals surface area (Å²) in [5.41, 5.74) is 0.436. The van der Waals surface area contributed by atoms with Crippen molar-refractivity contribution in [1.29, 1.82) is 0 Å². The van der Waals surface area contributed by atoms with Crippen molar-refractivity contribution < 1.29 is 32.9 Å². The van der Waals surface area contributed by atoms with Gasteiger partial charge in [0.05, 0.1) is 5.02 Å². The summed E-state index contributed by atoms with van der Waals surface area (Å²) in [6, 6.07) is 3.58. The molecule has 22 heavy (non-hydrogen) atoms. The highest BCUT2D eigenvalue weighted by Crippen LogP contribution is 2.31. The number of unbranched alkanes of at least 4 members (excludes halogenated alkanes) is 1. The Balaban J connectivity index is 2.75. The minimum atomic E-state index is -4.84. The summed E-state index contributed by atoms with van der Waals surface area (Å²) in [4.78, 5) is 12.2. The van der Waals surface area contributed by atoms with E-state index in [1.165, 1.54) is 12.1 Å². The largest absolute Gasteiger partial charge is 0.573 e. The Labute approximate surface area is 129 Å². The van der Waals surface area contributed by atoms with E-state index in [0.29, 0.717) is 18.4 Å². The van der Waals surface area contributed by atoms with E-state index in [4.69, 9.17) is 21.8 Å². The van der Waals surface area contributed by atoms with E-state index in [0.717, 1.165) is 11.0 Å². The number of halogens is 4. The number of hydrogen-bond acceptors (Lipinski definition) is 3. The van der Waals surface area contributed by atoms with E-state index in [9.17, 15) is 18.0 Å². The van der Waals surface area contributed by atoms with Gasteiger partial charge >= 0.3 is 12.5 Å². The van der Waals surface area contributed by atoms with Gasteiger partial charge in [-0.3, -0.25) is 0 Å². The van der Waals surface area contributed by atoms with E-state index in [2.05, 4.69) is 4.74 Å². The van der Waals surface area contributed by atoms with Crippen LogP contribution in [-0.4, -0.2) is 40.7 Å². The molecule has 0 aliphatic heterocycles. The van der Waals surface area contributed by atoms with Crippen LogP contribution in [0.1, 0.15) is 18.4 Å². The Morgan fingerprint density at radius 1 is 1.32 bits per heavy atom. The fourth-order valence-corrected chi connectivity index (χ4v) is 1.97. The highest BCUT2D eigenvalue weighted by molar-refractivity contribution is 6.32. The van der Waals surface area contributed by atoms with Crippen LogP contribution < -0.4 is 4.74 Å². The standard InChI is InChI=1S/C13H15ClF3NO4/c14-10-7-9(3-4-11(10)22-13(15,16)17)8-18(12(20)21)5-1-2-6-19/h3-4,7,19H,1-2,5-6,8H2,(H,20,21). The number of hydrogen-bond donors (Lipinski definition) is 2. The Kier molecular flexibility index (Phi) is 6.76. The molecular weight excluding hydrogens is 327 g/mol. The van der Waals surface area contributed by atoms with Gasteiger partial charge in [0.2, 0.25) is 0 Å². The van der Waals surface area contributed by atoms with Crippen LogP contribution >= 0.6 is 11.6 Å². The van der Waals surface area contributed by atoms with E-state index >= 15 is 0 Å². The maximum absolute atomic E-state index is 12.1. The molecule has 0 aliphatic carbocycles. The minimum absolute atomic E-state index is 0.0211. The SMILES string of the molecule is O=C(O)N(CCCCO)Cc1ccc(OC(F)(F)F)c(Cl)c1. The topological polar surface area (TPSA) is 70.0 Å². The lowest BCUT2D eigenvalue weighted by atomic mass is 10.2. The molecular formula is C13H15ClF3NO4. The van der Waals surface area contributed by atoms with Crippen molar-refractivity contribution in [3.8, 4) is 5.75 Å². The Hall–Kier alpha value is -1.67. The van der Waals surface area contributed by atoms with Crippen molar-refractivity contribution in [2.45, 2.75) is 25.7 Å². The first-order chi connectivity index (χ1) is 10.2. The zero-order valence-corrected chi connectivity index (χ0v) is 12.2. The fourth-order valence-electron chi connectivity index (χ4n) is 1.73. The van der Waals surface area contributed by atoms with Crippen LogP contribution in [0.15, 0.2) is 18.2 Å². The first kappa shape index (κ1) is 18.4. The number of aliphatic hydroxyl groups is 1. The zero-order chi connectivity index (χ0) is 16.8. The molecule has 0 fully saturated rings. The lowest BCUT2D eigenvalue weighted by molar-refractivity contribution is -0.274. The molecule has 0 unspecified atom stereocenters. The summed E-state index contributed by atoms with van der Waals surface area (Å²) in [5.74, 6) is -0.542. The van der Waals surface area contributed by atoms with Crippen molar-refractivity contribution in [1.82, 2.24) is 4.90 Å². The van der Waals surface area contributed by atoms with Gasteiger partial charge < -0.3 is 19.8 Å². The molecule has 0 atom stereocenters. The van der Waals surface area contributed by atoms with Crippen LogP contribution in [0.4, 0.5) is 18.0 Å². The van der Waals surface area contributed by atoms with Crippen molar-refractivity contribution in [2.75, 3.05) is 13.2 Å². The first-order valence-electron chi connectivity index (χ1n) is 6.36. The van der Waals surface area contributed by atoms with E-state index in [-0.39, 0.29) is 24.7 Å². The van der Waals surface area contributed by atoms with Crippen molar-refractivity contribution >= 4 is 17.7 Å². The summed E-state index contributed by atoms with van der Waals surface area (Å²) >= 11 is 5.70. The highest BCUT2D eigenvalue weighted by atomic mass is 35.5. The zero-order valence-electron chi connectivity index (χ0n) is 11.4. The Morgan fingerprint density at radius 3 is 2.50 bits per heavy atom. The van der Waals surface area contributed by atoms with Gasteiger partial charge in [0.15, 0.2) is 0 Å². The Bertz CT molecular complexity index is 511. The lowest BCUT2D eigenvalue weighted by Gasteiger charge is -2.19. The number of alkyl halides is 3. The second-order valence-electron chi connectivity index (χ2n) is 4.45. The average Bonchev–Trinajstić information content (AvgIpc) is 2.39. The number of nitrogens with zero attached hydrogens (tertiary/aromatic N) is 1. The second kappa shape index (κ2) is 8.09. The van der Waals surface area contributed by atoms with Gasteiger partial charge in [-0.15, -0.1) is 13.2 Å². The average molecular weight is 342 g/mol. The van der Waals surface area contributed by atoms with Crippen LogP contribution in [0.25, 0.3) is 0 Å². The normalized spacial score (nSPS) is 11.3. The van der Waals surface area contributed by atoms with Gasteiger partial charge in [-0.2, -0.15) is 0 Å². The molecule has 0 spiro atoms. The monoisotopic (exact) mass is 341 g/mol. The molecule has 2 N–H and O–H groups in total. The molecule has 1 rings (SSSR count). The fraction of sp³-hybridized carbons (Fsp3) is 0.462. The third kappa shape index (κ3) is 6.40. The summed E-state index contributed by atoms with van der Waals surface area (Å²) in [5, 5.41) is 17.5. The predicted octanol–water partition coefficient (Wildman–Crippen LogP) is 3.49. The van der Waals surface area contributed by atoms with Crippen LogP contribution in [0.5, 0.6) is 5.75 Å². The first-order valence-corrected chi connectivity index (χ1v) is 6.73. The molecule has 0 saturated carbocycles. The minimum Gasteiger partial charge on any atom is -0.465 e. The molecule has 0 saturated heterocycles. The molecule has 0 aromatic heterocycles. The molecule has 5 nitrogen and oxygen atoms in total. The number of benzene rings is 1. The summed E-state index contributed by atoms with van der Waals surface area (Å²) in [6.07, 6.45) is -5.07. The van der Waals surface area contributed by atoms with Gasteiger partial charge in [-0.25, -0.2) is 4.79 Å². The molecule has 9 heteroatoms. The number of aliphatic hydroxyl groups excluding tert-OH is 1. The summed E-state index contributed by atoms with van der Waals surface area (Å²) in [6.45, 7) is 0.143. The number of carboxylic acid groups (broad SMARTS) is 1. The molecule has 0 radical (unpaired) electrons. The number of carbonyl (C=O) groups is 1. The second-order valence-corrected chi connectivity index (χ2v) is 4.85. The van der Waals surface area contributed by atoms with Crippen molar-refractivity contribution in [3.05, 3.63) is 28.8 Å². The van der Waals surface area contributed by atoms with Crippen LogP contribution in [0.2, 0.25) is 5.02 Å². The summed E-state index contributed by atoms with van der Waals surface area (Å²) in [7, 11) is 0. The molecule has 0 heterocycles. The van der Waals surface area contributed by atoms with Gasteiger partial charge in [-0.05, 0) is 30.5 Å². The number of ether oxygens (including phenoxy) is 1. The van der Waals surface area contributed by atoms with Crippen LogP contribution in [-0.2, 0) is 6.54 Å². The maximum Gasteiger partial charge on any atom is 0.573 e. The summed E-state index contributed by atoms with van der Waals surface area (Å²) < 4.78 is 40.1. The number of amides is 1. The molecule has 0 aliphatic rings. The Morgan fingerprint density at radius 2 is 2.00 bits per heavy atom. The van der Waals surface area contributed by atoms with Crippen molar-refractivity contribution in [3.63, 3.8) is 0 Å². The molecule has 0 bridgehead atoms. The third-order valence-electron chi connectivity index (χ3n) is 2.70. The third-order valence-corrected chi connectivity index (χ3v) is 3.00. The van der Waals surface area contributed by atoms with Gasteiger partial charge in [0.25, 0.3) is 0 Å². The van der Waals surface area contributed by atoms with Crippen LogP contribution in [0.3, 0.4) is 0 Å². The van der Waals surface area contributed by atoms with Gasteiger partial charge in [0, 0.05) is 19.7 Å². The molecule has 1 aromatic carbocycles. The van der Waals surface area contributed by atoms with Crippen LogP contribution in [0, 0.1) is 0 Å².